The minimum absolute atomic E-state index is 0.0376. The Morgan fingerprint density at radius 1 is 1.12 bits per heavy atom. The third-order valence-electron chi connectivity index (χ3n) is 5.68. The lowest BCUT2D eigenvalue weighted by molar-refractivity contribution is -0.132. The van der Waals surface area contributed by atoms with Gasteiger partial charge in [0.1, 0.15) is 17.2 Å². The number of hydrogen-bond acceptors (Lipinski definition) is 7. The van der Waals surface area contributed by atoms with E-state index in [1.165, 1.54) is 0 Å². The monoisotopic (exact) mass is 446 g/mol. The van der Waals surface area contributed by atoms with Crippen LogP contribution in [0.15, 0.2) is 42.5 Å². The molecule has 1 N–H and O–H groups in total. The van der Waals surface area contributed by atoms with E-state index >= 15 is 0 Å². The van der Waals surface area contributed by atoms with Crippen LogP contribution in [0.3, 0.4) is 0 Å². The van der Waals surface area contributed by atoms with Crippen LogP contribution >= 0.6 is 0 Å². The summed E-state index contributed by atoms with van der Waals surface area (Å²) in [6.45, 7) is 2.37. The van der Waals surface area contributed by atoms with Crippen molar-refractivity contribution in [2.75, 3.05) is 14.2 Å². The first-order valence-electron chi connectivity index (χ1n) is 10.7. The quantitative estimate of drug-likeness (QED) is 0.566. The lowest BCUT2D eigenvalue weighted by Crippen LogP contribution is -2.29. The molecular weight excluding hydrogens is 420 g/mol. The van der Waals surface area contributed by atoms with Gasteiger partial charge in [-0.1, -0.05) is 23.4 Å². The molecule has 0 spiro atoms. The van der Waals surface area contributed by atoms with Gasteiger partial charge in [0.05, 0.1) is 44.6 Å². The van der Waals surface area contributed by atoms with Gasteiger partial charge < -0.3 is 19.7 Å². The Balaban J connectivity index is 1.46. The third kappa shape index (κ3) is 5.13. The van der Waals surface area contributed by atoms with Gasteiger partial charge in [-0.25, -0.2) is 4.68 Å². The van der Waals surface area contributed by atoms with Crippen LogP contribution in [0.1, 0.15) is 34.5 Å². The number of amides is 1. The Kier molecular flexibility index (Phi) is 6.86. The molecule has 4 rings (SSSR count). The molecular formula is C24H26N6O3. The summed E-state index contributed by atoms with van der Waals surface area (Å²) in [6, 6.07) is 15.3. The van der Waals surface area contributed by atoms with Gasteiger partial charge in [-0.15, -0.1) is 5.10 Å². The van der Waals surface area contributed by atoms with Crippen LogP contribution in [0.2, 0.25) is 0 Å². The zero-order valence-corrected chi connectivity index (χ0v) is 18.7. The second-order valence-electron chi connectivity index (χ2n) is 7.80. The lowest BCUT2D eigenvalue weighted by Gasteiger charge is -2.21. The molecule has 1 aliphatic rings. The summed E-state index contributed by atoms with van der Waals surface area (Å²) < 4.78 is 12.5. The van der Waals surface area contributed by atoms with Crippen molar-refractivity contribution in [2.24, 2.45) is 0 Å². The van der Waals surface area contributed by atoms with Crippen LogP contribution in [-0.2, 0) is 37.5 Å². The number of fused-ring (bicyclic) bond motifs is 1. The standard InChI is InChI=1S/C24H26N6O3/c1-32-20-9-17(10-21(11-20)33-2)13-26-14-22-23-16-29(24(31)7-8-30(23)28-27-22)15-19-6-4-3-5-18(19)12-25/h3-6,9-11,26H,7-8,13-16H2,1-2H3. The van der Waals surface area contributed by atoms with Crippen LogP contribution < -0.4 is 14.8 Å². The Bertz CT molecular complexity index is 1160. The maximum absolute atomic E-state index is 12.8. The van der Waals surface area contributed by atoms with Crippen molar-refractivity contribution in [3.8, 4) is 17.6 Å². The Morgan fingerprint density at radius 3 is 2.61 bits per heavy atom. The van der Waals surface area contributed by atoms with Gasteiger partial charge in [0.2, 0.25) is 5.91 Å². The number of hydrogen-bond donors (Lipinski definition) is 1. The molecule has 1 amide bonds. The Hall–Kier alpha value is -3.90. The fourth-order valence-corrected chi connectivity index (χ4v) is 3.90. The largest absolute Gasteiger partial charge is 0.497 e. The molecule has 2 heterocycles. The third-order valence-corrected chi connectivity index (χ3v) is 5.68. The van der Waals surface area contributed by atoms with Crippen molar-refractivity contribution in [2.45, 2.75) is 39.1 Å². The number of carbonyl (C=O) groups is 1. The first kappa shape index (κ1) is 22.3. The topological polar surface area (TPSA) is 105 Å². The second-order valence-corrected chi connectivity index (χ2v) is 7.80. The van der Waals surface area contributed by atoms with Gasteiger partial charge in [0, 0.05) is 32.1 Å². The molecule has 2 aromatic carbocycles. The highest BCUT2D eigenvalue weighted by atomic mass is 16.5. The van der Waals surface area contributed by atoms with Gasteiger partial charge >= 0.3 is 0 Å². The zero-order chi connectivity index (χ0) is 23.2. The first-order valence-corrected chi connectivity index (χ1v) is 10.7. The van der Waals surface area contributed by atoms with Crippen LogP contribution in [0, 0.1) is 11.3 Å². The maximum Gasteiger partial charge on any atom is 0.225 e. The maximum atomic E-state index is 12.8. The van der Waals surface area contributed by atoms with E-state index in [1.807, 2.05) is 36.4 Å². The number of rotatable bonds is 8. The van der Waals surface area contributed by atoms with Crippen molar-refractivity contribution in [1.82, 2.24) is 25.2 Å². The van der Waals surface area contributed by atoms with Crippen molar-refractivity contribution in [3.05, 3.63) is 70.5 Å². The number of benzene rings is 2. The van der Waals surface area contributed by atoms with Crippen molar-refractivity contribution in [3.63, 3.8) is 0 Å². The smallest absolute Gasteiger partial charge is 0.225 e. The van der Waals surface area contributed by atoms with Gasteiger partial charge in [-0.2, -0.15) is 5.26 Å². The number of aromatic nitrogens is 3. The van der Waals surface area contributed by atoms with E-state index in [1.54, 1.807) is 29.9 Å². The number of nitrogens with zero attached hydrogens (tertiary/aromatic N) is 5. The van der Waals surface area contributed by atoms with Crippen LogP contribution in [0.25, 0.3) is 0 Å². The molecule has 33 heavy (non-hydrogen) atoms. The minimum Gasteiger partial charge on any atom is -0.497 e. The number of ether oxygens (including phenoxy) is 2. The second kappa shape index (κ2) is 10.1. The summed E-state index contributed by atoms with van der Waals surface area (Å²) in [7, 11) is 3.25. The van der Waals surface area contributed by atoms with Crippen LogP contribution in [-0.4, -0.2) is 40.0 Å². The summed E-state index contributed by atoms with van der Waals surface area (Å²) >= 11 is 0. The number of aryl methyl sites for hydroxylation is 1. The number of methoxy groups -OCH3 is 2. The van der Waals surface area contributed by atoms with E-state index in [0.29, 0.717) is 44.7 Å². The van der Waals surface area contributed by atoms with Gasteiger partial charge in [0.25, 0.3) is 0 Å². The highest BCUT2D eigenvalue weighted by molar-refractivity contribution is 5.76. The summed E-state index contributed by atoms with van der Waals surface area (Å²) in [5.74, 6) is 1.50. The van der Waals surface area contributed by atoms with Crippen molar-refractivity contribution < 1.29 is 14.3 Å². The molecule has 0 radical (unpaired) electrons. The van der Waals surface area contributed by atoms with E-state index in [-0.39, 0.29) is 5.91 Å². The molecule has 1 aromatic heterocycles. The molecule has 170 valence electrons. The normalized spacial score (nSPS) is 13.2. The van der Waals surface area contributed by atoms with E-state index in [2.05, 4.69) is 21.7 Å². The van der Waals surface area contributed by atoms with Crippen LogP contribution in [0.5, 0.6) is 11.5 Å². The molecule has 9 heteroatoms. The molecule has 0 aliphatic carbocycles. The molecule has 0 saturated carbocycles. The molecule has 1 aliphatic heterocycles. The predicted octanol–water partition coefficient (Wildman–Crippen LogP) is 2.39. The Morgan fingerprint density at radius 2 is 1.88 bits per heavy atom. The summed E-state index contributed by atoms with van der Waals surface area (Å²) in [5.41, 5.74) is 4.15. The van der Waals surface area contributed by atoms with Gasteiger partial charge in [0.15, 0.2) is 0 Å². The summed E-state index contributed by atoms with van der Waals surface area (Å²) in [4.78, 5) is 14.5. The van der Waals surface area contributed by atoms with E-state index in [0.717, 1.165) is 34.0 Å². The molecule has 0 atom stereocenters. The first-order chi connectivity index (χ1) is 16.1. The highest BCUT2D eigenvalue weighted by Gasteiger charge is 2.25. The number of nitriles is 1. The summed E-state index contributed by atoms with van der Waals surface area (Å²) in [6.07, 6.45) is 0.349. The van der Waals surface area contributed by atoms with Crippen molar-refractivity contribution >= 4 is 5.91 Å². The minimum atomic E-state index is 0.0376. The SMILES string of the molecule is COc1cc(CNCc2nnn3c2CN(Cc2ccccc2C#N)C(=O)CC3)cc(OC)c1. The lowest BCUT2D eigenvalue weighted by atomic mass is 10.1. The summed E-state index contributed by atoms with van der Waals surface area (Å²) in [5, 5.41) is 21.4. The van der Waals surface area contributed by atoms with E-state index in [9.17, 15) is 10.1 Å². The van der Waals surface area contributed by atoms with Gasteiger partial charge in [-0.05, 0) is 29.3 Å². The molecule has 0 fully saturated rings. The van der Waals surface area contributed by atoms with Crippen LogP contribution in [0.4, 0.5) is 0 Å². The number of carbonyl (C=O) groups excluding carboxylic acids is 1. The fourth-order valence-electron chi connectivity index (χ4n) is 3.90. The van der Waals surface area contributed by atoms with E-state index < -0.39 is 0 Å². The molecule has 0 saturated heterocycles. The number of nitrogens with one attached hydrogen (secondary N) is 1. The fraction of sp³-hybridized carbons (Fsp3) is 0.333. The zero-order valence-electron chi connectivity index (χ0n) is 18.7. The average Bonchev–Trinajstić information content (AvgIpc) is 3.15. The highest BCUT2D eigenvalue weighted by Crippen LogP contribution is 2.23. The Labute approximate surface area is 192 Å². The van der Waals surface area contributed by atoms with Gasteiger partial charge in [-0.3, -0.25) is 4.79 Å². The molecule has 0 unspecified atom stereocenters. The van der Waals surface area contributed by atoms with E-state index in [4.69, 9.17) is 9.47 Å². The molecule has 0 bridgehead atoms. The van der Waals surface area contributed by atoms with Crippen molar-refractivity contribution in [1.29, 1.82) is 5.26 Å². The average molecular weight is 447 g/mol. The molecule has 3 aromatic rings. The molecule has 9 nitrogen and oxygen atoms in total. The predicted molar refractivity (Wildman–Crippen MR) is 120 cm³/mol.